The lowest BCUT2D eigenvalue weighted by Gasteiger charge is -2.27. The Hall–Kier alpha value is -3.73. The lowest BCUT2D eigenvalue weighted by Crippen LogP contribution is -2.31. The molecule has 1 N–H and O–H groups in total. The van der Waals surface area contributed by atoms with Crippen LogP contribution in [0.2, 0.25) is 0 Å². The number of aryl methyl sites for hydroxylation is 2. The summed E-state index contributed by atoms with van der Waals surface area (Å²) in [5.41, 5.74) is 2.48. The van der Waals surface area contributed by atoms with Crippen LogP contribution in [0.4, 0.5) is 10.1 Å². The van der Waals surface area contributed by atoms with Crippen LogP contribution in [0.1, 0.15) is 29.2 Å². The van der Waals surface area contributed by atoms with Gasteiger partial charge in [-0.15, -0.1) is 0 Å². The van der Waals surface area contributed by atoms with E-state index in [2.05, 4.69) is 0 Å². The van der Waals surface area contributed by atoms with E-state index in [4.69, 9.17) is 0 Å². The number of halogens is 1. The molecule has 0 spiro atoms. The number of hydrogen-bond donors (Lipinski definition) is 1. The molecular weight excluding hydrogens is 393 g/mol. The molecule has 1 aliphatic rings. The molecule has 4 rings (SSSR count). The zero-order valence-electron chi connectivity index (χ0n) is 17.1. The van der Waals surface area contributed by atoms with Crippen molar-refractivity contribution in [3.63, 3.8) is 0 Å². The number of carbonyl (C=O) groups is 2. The first kappa shape index (κ1) is 20.5. The first-order valence-electron chi connectivity index (χ1n) is 10.1. The summed E-state index contributed by atoms with van der Waals surface area (Å²) in [5.74, 6) is -2.24. The minimum atomic E-state index is -1.03. The quantitative estimate of drug-likeness (QED) is 0.599. The highest BCUT2D eigenvalue weighted by Gasteiger charge is 2.45. The first-order chi connectivity index (χ1) is 15.0. The van der Waals surface area contributed by atoms with Crippen molar-refractivity contribution in [3.8, 4) is 0 Å². The van der Waals surface area contributed by atoms with Crippen LogP contribution < -0.4 is 4.90 Å². The Morgan fingerprint density at radius 2 is 1.71 bits per heavy atom. The van der Waals surface area contributed by atoms with E-state index >= 15 is 0 Å². The second kappa shape index (κ2) is 8.56. The predicted molar refractivity (Wildman–Crippen MR) is 117 cm³/mol. The average Bonchev–Trinajstić information content (AvgIpc) is 3.04. The van der Waals surface area contributed by atoms with Crippen molar-refractivity contribution < 1.29 is 19.1 Å². The predicted octanol–water partition coefficient (Wildman–Crippen LogP) is 5.24. The number of nitrogens with zero attached hydrogens (tertiary/aromatic N) is 1. The average molecular weight is 415 g/mol. The van der Waals surface area contributed by atoms with E-state index in [1.165, 1.54) is 11.0 Å². The van der Waals surface area contributed by atoms with Gasteiger partial charge in [-0.1, -0.05) is 60.7 Å². The van der Waals surface area contributed by atoms with E-state index in [1.807, 2.05) is 43.3 Å². The zero-order valence-corrected chi connectivity index (χ0v) is 17.1. The smallest absolute Gasteiger partial charge is 0.294 e. The van der Waals surface area contributed by atoms with Crippen molar-refractivity contribution in [2.75, 3.05) is 4.90 Å². The first-order valence-corrected chi connectivity index (χ1v) is 10.1. The Morgan fingerprint density at radius 3 is 2.42 bits per heavy atom. The number of ketones is 1. The monoisotopic (exact) mass is 415 g/mol. The third kappa shape index (κ3) is 3.99. The second-order valence-electron chi connectivity index (χ2n) is 7.61. The highest BCUT2D eigenvalue weighted by atomic mass is 19.1. The van der Waals surface area contributed by atoms with E-state index in [0.717, 1.165) is 11.1 Å². The Kier molecular flexibility index (Phi) is 5.67. The maximum absolute atomic E-state index is 14.8. The molecule has 4 nitrogen and oxygen atoms in total. The Labute approximate surface area is 180 Å². The van der Waals surface area contributed by atoms with Crippen LogP contribution in [0, 0.1) is 12.7 Å². The van der Waals surface area contributed by atoms with Gasteiger partial charge in [0.05, 0.1) is 11.6 Å². The number of amides is 1. The Balaban J connectivity index is 1.75. The van der Waals surface area contributed by atoms with Gasteiger partial charge in [0.25, 0.3) is 5.91 Å². The number of hydrogen-bond acceptors (Lipinski definition) is 3. The fourth-order valence-corrected chi connectivity index (χ4v) is 3.96. The summed E-state index contributed by atoms with van der Waals surface area (Å²) >= 11 is 0. The Morgan fingerprint density at radius 1 is 1.00 bits per heavy atom. The van der Waals surface area contributed by atoms with Crippen molar-refractivity contribution in [1.29, 1.82) is 0 Å². The van der Waals surface area contributed by atoms with Crippen LogP contribution in [0.3, 0.4) is 0 Å². The summed E-state index contributed by atoms with van der Waals surface area (Å²) in [6.45, 7) is 1.88. The van der Waals surface area contributed by atoms with Crippen LogP contribution in [-0.2, 0) is 16.0 Å². The standard InChI is InChI=1S/C26H22FNO3/c1-17-8-7-11-19(16-17)28-24(20-12-5-6-13-21(20)27)23(25(30)26(28)31)22(29)15-14-18-9-3-2-4-10-18/h2-13,16,24,30H,14-15H2,1H3. The van der Waals surface area contributed by atoms with E-state index in [-0.39, 0.29) is 23.3 Å². The van der Waals surface area contributed by atoms with Gasteiger partial charge in [0.15, 0.2) is 11.5 Å². The van der Waals surface area contributed by atoms with Gasteiger partial charge < -0.3 is 5.11 Å². The lowest BCUT2D eigenvalue weighted by molar-refractivity contribution is -0.118. The number of aliphatic hydroxyl groups is 1. The van der Waals surface area contributed by atoms with Crippen molar-refractivity contribution in [2.45, 2.75) is 25.8 Å². The lowest BCUT2D eigenvalue weighted by atomic mass is 9.92. The summed E-state index contributed by atoms with van der Waals surface area (Å²) in [4.78, 5) is 27.5. The number of anilines is 1. The molecule has 1 aliphatic heterocycles. The summed E-state index contributed by atoms with van der Waals surface area (Å²) < 4.78 is 14.8. The molecule has 3 aromatic rings. The molecule has 1 heterocycles. The van der Waals surface area contributed by atoms with Gasteiger partial charge in [-0.25, -0.2) is 4.39 Å². The molecule has 0 saturated carbocycles. The molecular formula is C26H22FNO3. The van der Waals surface area contributed by atoms with Gasteiger partial charge in [0.2, 0.25) is 0 Å². The largest absolute Gasteiger partial charge is 0.503 e. The molecule has 1 amide bonds. The fourth-order valence-electron chi connectivity index (χ4n) is 3.96. The molecule has 1 atom stereocenters. The number of Topliss-reactive ketones (excluding diaryl/α,β-unsaturated/α-hetero) is 1. The van der Waals surface area contributed by atoms with Crippen LogP contribution in [0.15, 0.2) is 90.2 Å². The highest BCUT2D eigenvalue weighted by molar-refractivity contribution is 6.16. The van der Waals surface area contributed by atoms with Crippen LogP contribution >= 0.6 is 0 Å². The van der Waals surface area contributed by atoms with Gasteiger partial charge in [0.1, 0.15) is 5.82 Å². The van der Waals surface area contributed by atoms with Crippen LogP contribution in [-0.4, -0.2) is 16.8 Å². The molecule has 0 aliphatic carbocycles. The van der Waals surface area contributed by atoms with E-state index < -0.39 is 23.5 Å². The van der Waals surface area contributed by atoms with Crippen molar-refractivity contribution in [3.05, 3.63) is 113 Å². The van der Waals surface area contributed by atoms with Crippen molar-refractivity contribution in [1.82, 2.24) is 0 Å². The minimum absolute atomic E-state index is 0.0625. The SMILES string of the molecule is Cc1cccc(N2C(=O)C(O)=C(C(=O)CCc3ccccc3)C2c2ccccc2F)c1. The molecule has 156 valence electrons. The molecule has 0 radical (unpaired) electrons. The summed E-state index contributed by atoms with van der Waals surface area (Å²) in [6.07, 6.45) is 0.558. The normalized spacial score (nSPS) is 16.1. The molecule has 1 unspecified atom stereocenters. The second-order valence-corrected chi connectivity index (χ2v) is 7.61. The van der Waals surface area contributed by atoms with Crippen molar-refractivity contribution >= 4 is 17.4 Å². The molecule has 0 saturated heterocycles. The fraction of sp³-hybridized carbons (Fsp3) is 0.154. The molecule has 0 fully saturated rings. The number of benzene rings is 3. The third-order valence-corrected chi connectivity index (χ3v) is 5.47. The highest BCUT2D eigenvalue weighted by Crippen LogP contribution is 2.42. The maximum atomic E-state index is 14.8. The zero-order chi connectivity index (χ0) is 22.0. The summed E-state index contributed by atoms with van der Waals surface area (Å²) in [6, 6.07) is 21.6. The van der Waals surface area contributed by atoms with E-state index in [0.29, 0.717) is 12.1 Å². The van der Waals surface area contributed by atoms with Gasteiger partial charge in [-0.3, -0.25) is 14.5 Å². The topological polar surface area (TPSA) is 57.6 Å². The molecule has 3 aromatic carbocycles. The minimum Gasteiger partial charge on any atom is -0.503 e. The molecule has 5 heteroatoms. The van der Waals surface area contributed by atoms with Crippen LogP contribution in [0.5, 0.6) is 0 Å². The number of aliphatic hydroxyl groups excluding tert-OH is 1. The van der Waals surface area contributed by atoms with E-state index in [1.54, 1.807) is 36.4 Å². The van der Waals surface area contributed by atoms with Crippen LogP contribution in [0.25, 0.3) is 0 Å². The number of rotatable bonds is 6. The van der Waals surface area contributed by atoms with Gasteiger partial charge in [-0.2, -0.15) is 0 Å². The third-order valence-electron chi connectivity index (χ3n) is 5.47. The van der Waals surface area contributed by atoms with Gasteiger partial charge in [0, 0.05) is 17.7 Å². The summed E-state index contributed by atoms with van der Waals surface area (Å²) in [5, 5.41) is 10.7. The van der Waals surface area contributed by atoms with E-state index in [9.17, 15) is 19.1 Å². The Bertz CT molecular complexity index is 1170. The summed E-state index contributed by atoms with van der Waals surface area (Å²) in [7, 11) is 0. The molecule has 31 heavy (non-hydrogen) atoms. The van der Waals surface area contributed by atoms with Crippen molar-refractivity contribution in [2.24, 2.45) is 0 Å². The maximum Gasteiger partial charge on any atom is 0.294 e. The number of carbonyl (C=O) groups excluding carboxylic acids is 2. The molecule has 0 bridgehead atoms. The van der Waals surface area contributed by atoms with Gasteiger partial charge in [-0.05, 0) is 42.7 Å². The van der Waals surface area contributed by atoms with Gasteiger partial charge >= 0.3 is 0 Å². The molecule has 0 aromatic heterocycles.